The maximum atomic E-state index is 13.0. The number of amides is 1. The van der Waals surface area contributed by atoms with E-state index in [1.165, 1.54) is 17.0 Å². The van der Waals surface area contributed by atoms with Crippen molar-refractivity contribution in [3.63, 3.8) is 0 Å². The first-order valence-electron chi connectivity index (χ1n) is 7.80. The van der Waals surface area contributed by atoms with Crippen LogP contribution >= 0.6 is 24.0 Å². The first-order chi connectivity index (χ1) is 12.5. The van der Waals surface area contributed by atoms with Gasteiger partial charge in [-0.05, 0) is 48.9 Å². The number of carbonyl (C=O) groups excluding carboxylic acids is 2. The molecular weight excluding hydrogens is 373 g/mol. The molecule has 1 aliphatic rings. The van der Waals surface area contributed by atoms with Gasteiger partial charge in [-0.25, -0.2) is 9.18 Å². The second-order valence-electron chi connectivity index (χ2n) is 5.34. The molecule has 3 rings (SSSR count). The van der Waals surface area contributed by atoms with Crippen LogP contribution in [-0.4, -0.2) is 22.8 Å². The summed E-state index contributed by atoms with van der Waals surface area (Å²) in [6.45, 7) is 1.99. The number of hydrogen-bond acceptors (Lipinski definition) is 5. The van der Waals surface area contributed by atoms with Crippen molar-refractivity contribution in [1.29, 1.82) is 0 Å². The number of ether oxygens (including phenoxy) is 1. The second kappa shape index (κ2) is 7.80. The largest absolute Gasteiger partial charge is 0.462 e. The van der Waals surface area contributed by atoms with Crippen molar-refractivity contribution in [1.82, 2.24) is 0 Å². The van der Waals surface area contributed by atoms with Gasteiger partial charge in [0.1, 0.15) is 5.82 Å². The lowest BCUT2D eigenvalue weighted by Gasteiger charge is -2.15. The first kappa shape index (κ1) is 18.3. The minimum absolute atomic E-state index is 0.268. The van der Waals surface area contributed by atoms with E-state index >= 15 is 0 Å². The molecule has 0 atom stereocenters. The fourth-order valence-electron chi connectivity index (χ4n) is 2.39. The predicted octanol–water partition coefficient (Wildman–Crippen LogP) is 4.41. The third kappa shape index (κ3) is 3.84. The fraction of sp³-hybridized carbons (Fsp3) is 0.105. The summed E-state index contributed by atoms with van der Waals surface area (Å²) in [6.07, 6.45) is 1.66. The Balaban J connectivity index is 1.89. The highest BCUT2D eigenvalue weighted by molar-refractivity contribution is 8.27. The monoisotopic (exact) mass is 387 g/mol. The Morgan fingerprint density at radius 1 is 1.27 bits per heavy atom. The van der Waals surface area contributed by atoms with Crippen molar-refractivity contribution in [3.05, 3.63) is 70.4 Å². The summed E-state index contributed by atoms with van der Waals surface area (Å²) in [5.41, 5.74) is 1.55. The van der Waals surface area contributed by atoms with Gasteiger partial charge in [0.05, 0.1) is 22.8 Å². The summed E-state index contributed by atoms with van der Waals surface area (Å²) in [5.74, 6) is -1.09. The van der Waals surface area contributed by atoms with Crippen molar-refractivity contribution in [2.24, 2.45) is 0 Å². The van der Waals surface area contributed by atoms with E-state index in [0.717, 1.165) is 11.8 Å². The van der Waals surface area contributed by atoms with Crippen molar-refractivity contribution in [3.8, 4) is 0 Å². The highest BCUT2D eigenvalue weighted by atomic mass is 32.2. The molecule has 132 valence electrons. The van der Waals surface area contributed by atoms with Crippen molar-refractivity contribution in [2.45, 2.75) is 6.92 Å². The molecule has 0 aliphatic carbocycles. The molecule has 0 bridgehead atoms. The van der Waals surface area contributed by atoms with Gasteiger partial charge in [0, 0.05) is 0 Å². The smallest absolute Gasteiger partial charge is 0.338 e. The van der Waals surface area contributed by atoms with Gasteiger partial charge in [-0.15, -0.1) is 0 Å². The predicted molar refractivity (Wildman–Crippen MR) is 104 cm³/mol. The topological polar surface area (TPSA) is 46.6 Å². The maximum absolute atomic E-state index is 13.0. The molecular formula is C19H14FNO3S2. The standard InChI is InChI=1S/C19H14FNO3S2/c1-2-24-18(23)13-4-3-5-15(11-13)21-17(22)16(26-19(21)25)10-12-6-8-14(20)9-7-12/h3-11H,2H2,1H3. The quantitative estimate of drug-likeness (QED) is 0.442. The molecule has 1 saturated heterocycles. The van der Waals surface area contributed by atoms with Crippen LogP contribution in [0.3, 0.4) is 0 Å². The third-order valence-electron chi connectivity index (χ3n) is 3.58. The van der Waals surface area contributed by atoms with Crippen molar-refractivity contribution in [2.75, 3.05) is 11.5 Å². The zero-order valence-electron chi connectivity index (χ0n) is 13.8. The van der Waals surface area contributed by atoms with Crippen LogP contribution in [0.25, 0.3) is 6.08 Å². The number of thiocarbonyl (C=S) groups is 1. The molecule has 0 unspecified atom stereocenters. The molecule has 0 spiro atoms. The van der Waals surface area contributed by atoms with Crippen molar-refractivity contribution >= 4 is 51.9 Å². The van der Waals surface area contributed by atoms with E-state index in [1.807, 2.05) is 0 Å². The number of rotatable bonds is 4. The molecule has 2 aromatic carbocycles. The van der Waals surface area contributed by atoms with E-state index in [1.54, 1.807) is 49.4 Å². The lowest BCUT2D eigenvalue weighted by Crippen LogP contribution is -2.27. The Morgan fingerprint density at radius 3 is 2.69 bits per heavy atom. The first-order valence-corrected chi connectivity index (χ1v) is 9.03. The minimum atomic E-state index is -0.457. The molecule has 1 fully saturated rings. The summed E-state index contributed by atoms with van der Waals surface area (Å²) >= 11 is 6.48. The molecule has 1 aliphatic heterocycles. The number of esters is 1. The number of nitrogens with zero attached hydrogens (tertiary/aromatic N) is 1. The Bertz CT molecular complexity index is 909. The highest BCUT2D eigenvalue weighted by Crippen LogP contribution is 2.36. The van der Waals surface area contributed by atoms with E-state index in [-0.39, 0.29) is 18.3 Å². The van der Waals surface area contributed by atoms with E-state index in [2.05, 4.69) is 0 Å². The van der Waals surface area contributed by atoms with Crippen LogP contribution in [0.4, 0.5) is 10.1 Å². The molecule has 2 aromatic rings. The van der Waals surface area contributed by atoms with Crippen molar-refractivity contribution < 1.29 is 18.7 Å². The van der Waals surface area contributed by atoms with Gasteiger partial charge in [-0.2, -0.15) is 0 Å². The molecule has 4 nitrogen and oxygen atoms in total. The Labute approximate surface area is 159 Å². The SMILES string of the molecule is CCOC(=O)c1cccc(N2C(=O)C(=Cc3ccc(F)cc3)SC2=S)c1. The van der Waals surface area contributed by atoms with Gasteiger partial charge in [0.25, 0.3) is 5.91 Å². The molecule has 0 radical (unpaired) electrons. The fourth-order valence-corrected chi connectivity index (χ4v) is 3.69. The number of carbonyl (C=O) groups is 2. The molecule has 7 heteroatoms. The van der Waals surface area contributed by atoms with Gasteiger partial charge in [0.2, 0.25) is 0 Å². The van der Waals surface area contributed by atoms with Crippen LogP contribution in [0.5, 0.6) is 0 Å². The Morgan fingerprint density at radius 2 is 2.00 bits per heavy atom. The summed E-state index contributed by atoms with van der Waals surface area (Å²) in [4.78, 5) is 26.5. The molecule has 0 N–H and O–H groups in total. The molecule has 0 aromatic heterocycles. The maximum Gasteiger partial charge on any atom is 0.338 e. The van der Waals surface area contributed by atoms with Gasteiger partial charge in [-0.3, -0.25) is 9.69 Å². The minimum Gasteiger partial charge on any atom is -0.462 e. The van der Waals surface area contributed by atoms with Gasteiger partial charge >= 0.3 is 5.97 Å². The normalized spacial score (nSPS) is 15.6. The Kier molecular flexibility index (Phi) is 5.49. The highest BCUT2D eigenvalue weighted by Gasteiger charge is 2.33. The zero-order valence-corrected chi connectivity index (χ0v) is 15.4. The zero-order chi connectivity index (χ0) is 18.7. The Hall–Kier alpha value is -2.51. The van der Waals surface area contributed by atoms with Crippen LogP contribution in [0, 0.1) is 5.82 Å². The molecule has 1 amide bonds. The van der Waals surface area contributed by atoms with Crippen LogP contribution in [-0.2, 0) is 9.53 Å². The van der Waals surface area contributed by atoms with Crippen LogP contribution in [0.15, 0.2) is 53.4 Å². The lowest BCUT2D eigenvalue weighted by molar-refractivity contribution is -0.113. The summed E-state index contributed by atoms with van der Waals surface area (Å²) in [5, 5.41) is 0. The number of thioether (sulfide) groups is 1. The van der Waals surface area contributed by atoms with Gasteiger partial charge in [0.15, 0.2) is 4.32 Å². The number of halogens is 1. The number of hydrogen-bond donors (Lipinski definition) is 0. The third-order valence-corrected chi connectivity index (χ3v) is 4.88. The summed E-state index contributed by atoms with van der Waals surface area (Å²) in [7, 11) is 0. The van der Waals surface area contributed by atoms with E-state index < -0.39 is 5.97 Å². The average Bonchev–Trinajstić information content (AvgIpc) is 2.91. The van der Waals surface area contributed by atoms with Gasteiger partial charge < -0.3 is 4.74 Å². The second-order valence-corrected chi connectivity index (χ2v) is 7.02. The average molecular weight is 387 g/mol. The van der Waals surface area contributed by atoms with E-state index in [4.69, 9.17) is 17.0 Å². The molecule has 1 heterocycles. The number of anilines is 1. The van der Waals surface area contributed by atoms with Crippen LogP contribution < -0.4 is 4.90 Å². The molecule has 0 saturated carbocycles. The van der Waals surface area contributed by atoms with E-state index in [9.17, 15) is 14.0 Å². The van der Waals surface area contributed by atoms with Gasteiger partial charge in [-0.1, -0.05) is 42.2 Å². The van der Waals surface area contributed by atoms with Crippen LogP contribution in [0.1, 0.15) is 22.8 Å². The van der Waals surface area contributed by atoms with Crippen LogP contribution in [0.2, 0.25) is 0 Å². The number of benzene rings is 2. The summed E-state index contributed by atoms with van der Waals surface area (Å²) in [6, 6.07) is 12.4. The van der Waals surface area contributed by atoms with E-state index in [0.29, 0.717) is 26.0 Å². The lowest BCUT2D eigenvalue weighted by atomic mass is 10.2. The summed E-state index contributed by atoms with van der Waals surface area (Å²) < 4.78 is 18.4. The molecule has 26 heavy (non-hydrogen) atoms.